The van der Waals surface area contributed by atoms with Crippen LogP contribution in [0.3, 0.4) is 0 Å². The summed E-state index contributed by atoms with van der Waals surface area (Å²) >= 11 is 0. The summed E-state index contributed by atoms with van der Waals surface area (Å²) in [6.45, 7) is 3.36. The molecule has 17 heavy (non-hydrogen) atoms. The largest absolute Gasteiger partial charge is 0.310 e. The summed E-state index contributed by atoms with van der Waals surface area (Å²) in [6.07, 6.45) is 9.49. The first-order chi connectivity index (χ1) is 8.42. The number of fused-ring (bicyclic) bond motifs is 1. The Balaban J connectivity index is 1.74. The zero-order valence-electron chi connectivity index (χ0n) is 10.6. The van der Waals surface area contributed by atoms with Crippen molar-refractivity contribution in [3.8, 4) is 0 Å². The third-order valence-electron chi connectivity index (χ3n) is 4.52. The average molecular weight is 230 g/mol. The van der Waals surface area contributed by atoms with Crippen LogP contribution in [0.1, 0.15) is 44.2 Å². The molecule has 0 aromatic carbocycles. The number of nitrogens with zero attached hydrogens (tertiary/aromatic N) is 1. The van der Waals surface area contributed by atoms with Crippen molar-refractivity contribution in [3.05, 3.63) is 30.1 Å². The van der Waals surface area contributed by atoms with Gasteiger partial charge < -0.3 is 5.32 Å². The summed E-state index contributed by atoms with van der Waals surface area (Å²) in [5, 5.41) is 3.74. The molecule has 0 radical (unpaired) electrons. The molecule has 2 heteroatoms. The van der Waals surface area contributed by atoms with Crippen molar-refractivity contribution in [1.29, 1.82) is 0 Å². The van der Waals surface area contributed by atoms with Gasteiger partial charge in [0, 0.05) is 18.4 Å². The van der Waals surface area contributed by atoms with Gasteiger partial charge in [0.15, 0.2) is 0 Å². The van der Waals surface area contributed by atoms with E-state index in [9.17, 15) is 0 Å². The van der Waals surface area contributed by atoms with Gasteiger partial charge in [0.25, 0.3) is 0 Å². The Bertz CT molecular complexity index is 352. The lowest BCUT2D eigenvalue weighted by molar-refractivity contribution is 0.417. The fourth-order valence-corrected chi connectivity index (χ4v) is 3.71. The van der Waals surface area contributed by atoms with E-state index in [2.05, 4.69) is 29.4 Å². The molecule has 0 aliphatic heterocycles. The second-order valence-electron chi connectivity index (χ2n) is 5.55. The van der Waals surface area contributed by atoms with E-state index in [1.54, 1.807) is 0 Å². The molecule has 0 bridgehead atoms. The van der Waals surface area contributed by atoms with Gasteiger partial charge in [0.05, 0.1) is 0 Å². The van der Waals surface area contributed by atoms with E-state index in [0.717, 1.165) is 24.3 Å². The van der Waals surface area contributed by atoms with Crippen molar-refractivity contribution in [3.63, 3.8) is 0 Å². The van der Waals surface area contributed by atoms with Crippen LogP contribution in [0.5, 0.6) is 0 Å². The highest BCUT2D eigenvalue weighted by atomic mass is 14.9. The molecule has 0 spiro atoms. The number of nitrogens with one attached hydrogen (secondary N) is 1. The van der Waals surface area contributed by atoms with Crippen molar-refractivity contribution in [2.45, 2.75) is 38.6 Å². The molecule has 2 aliphatic carbocycles. The maximum atomic E-state index is 4.28. The Hall–Kier alpha value is -0.890. The van der Waals surface area contributed by atoms with Crippen LogP contribution in [0.2, 0.25) is 0 Å². The first kappa shape index (κ1) is 11.2. The normalized spacial score (nSPS) is 32.2. The van der Waals surface area contributed by atoms with Crippen LogP contribution in [0.15, 0.2) is 24.5 Å². The van der Waals surface area contributed by atoms with Crippen LogP contribution in [-0.4, -0.2) is 11.5 Å². The molecule has 1 N–H and O–H groups in total. The summed E-state index contributed by atoms with van der Waals surface area (Å²) in [4.78, 5) is 4.28. The lowest BCUT2D eigenvalue weighted by atomic mass is 9.98. The fraction of sp³-hybridized carbons (Fsp3) is 0.667. The Labute approximate surface area is 104 Å². The van der Waals surface area contributed by atoms with E-state index in [4.69, 9.17) is 0 Å². The maximum Gasteiger partial charge on any atom is 0.0369 e. The van der Waals surface area contributed by atoms with Gasteiger partial charge in [-0.05, 0) is 55.2 Å². The molecular formula is C15H22N2. The van der Waals surface area contributed by atoms with E-state index < -0.39 is 0 Å². The van der Waals surface area contributed by atoms with E-state index in [1.807, 2.05) is 12.4 Å². The minimum Gasteiger partial charge on any atom is -0.310 e. The highest BCUT2D eigenvalue weighted by molar-refractivity contribution is 5.20. The smallest absolute Gasteiger partial charge is 0.0369 e. The third-order valence-corrected chi connectivity index (χ3v) is 4.52. The molecule has 0 saturated heterocycles. The Morgan fingerprint density at radius 3 is 2.88 bits per heavy atom. The van der Waals surface area contributed by atoms with Gasteiger partial charge in [-0.3, -0.25) is 4.98 Å². The predicted octanol–water partition coefficient (Wildman–Crippen LogP) is 3.17. The van der Waals surface area contributed by atoms with Crippen molar-refractivity contribution in [2.75, 3.05) is 6.54 Å². The van der Waals surface area contributed by atoms with Gasteiger partial charge >= 0.3 is 0 Å². The fourth-order valence-electron chi connectivity index (χ4n) is 3.71. The molecule has 3 rings (SSSR count). The topological polar surface area (TPSA) is 24.9 Å². The lowest BCUT2D eigenvalue weighted by Crippen LogP contribution is -2.25. The summed E-state index contributed by atoms with van der Waals surface area (Å²) < 4.78 is 0. The van der Waals surface area contributed by atoms with E-state index in [1.165, 1.54) is 31.2 Å². The standard InChI is InChI=1S/C15H22N2/c1-2-8-17-15(11-5-4-9-16-10-11)14-12-6-3-7-13(12)14/h4-5,9-10,12-15,17H,2-3,6-8H2,1H3. The molecular weight excluding hydrogens is 208 g/mol. The maximum absolute atomic E-state index is 4.28. The van der Waals surface area contributed by atoms with E-state index >= 15 is 0 Å². The van der Waals surface area contributed by atoms with E-state index in [0.29, 0.717) is 6.04 Å². The zero-order valence-corrected chi connectivity index (χ0v) is 10.6. The number of aromatic nitrogens is 1. The Kier molecular flexibility index (Phi) is 3.15. The predicted molar refractivity (Wildman–Crippen MR) is 69.6 cm³/mol. The van der Waals surface area contributed by atoms with Crippen molar-refractivity contribution in [1.82, 2.24) is 10.3 Å². The average Bonchev–Trinajstić information content (AvgIpc) is 2.85. The van der Waals surface area contributed by atoms with Crippen LogP contribution in [0.4, 0.5) is 0 Å². The summed E-state index contributed by atoms with van der Waals surface area (Å²) in [5.74, 6) is 2.90. The van der Waals surface area contributed by atoms with E-state index in [-0.39, 0.29) is 0 Å². The monoisotopic (exact) mass is 230 g/mol. The first-order valence-electron chi connectivity index (χ1n) is 7.05. The Morgan fingerprint density at radius 2 is 2.24 bits per heavy atom. The highest BCUT2D eigenvalue weighted by Gasteiger charge is 2.55. The van der Waals surface area contributed by atoms with Crippen LogP contribution >= 0.6 is 0 Å². The Morgan fingerprint density at radius 1 is 1.41 bits per heavy atom. The molecule has 1 aromatic rings. The molecule has 3 atom stereocenters. The second kappa shape index (κ2) is 4.77. The molecule has 1 heterocycles. The van der Waals surface area contributed by atoms with Gasteiger partial charge in [0.1, 0.15) is 0 Å². The second-order valence-corrected chi connectivity index (χ2v) is 5.55. The molecule has 2 aliphatic rings. The number of rotatable bonds is 5. The first-order valence-corrected chi connectivity index (χ1v) is 7.05. The minimum absolute atomic E-state index is 0.555. The molecule has 3 unspecified atom stereocenters. The van der Waals surface area contributed by atoms with Crippen molar-refractivity contribution < 1.29 is 0 Å². The molecule has 2 fully saturated rings. The van der Waals surface area contributed by atoms with Gasteiger partial charge in [-0.15, -0.1) is 0 Å². The van der Waals surface area contributed by atoms with Gasteiger partial charge in [-0.1, -0.05) is 19.4 Å². The molecule has 1 aromatic heterocycles. The number of hydrogen-bond acceptors (Lipinski definition) is 2. The molecule has 2 nitrogen and oxygen atoms in total. The SMILES string of the molecule is CCCNC(c1cccnc1)C1C2CCCC21. The van der Waals surface area contributed by atoms with Crippen molar-refractivity contribution in [2.24, 2.45) is 17.8 Å². The van der Waals surface area contributed by atoms with Gasteiger partial charge in [0.2, 0.25) is 0 Å². The zero-order chi connectivity index (χ0) is 11.7. The summed E-state index contributed by atoms with van der Waals surface area (Å²) in [7, 11) is 0. The van der Waals surface area contributed by atoms with Crippen LogP contribution in [0.25, 0.3) is 0 Å². The minimum atomic E-state index is 0.555. The quantitative estimate of drug-likeness (QED) is 0.840. The molecule has 2 saturated carbocycles. The van der Waals surface area contributed by atoms with Crippen molar-refractivity contribution >= 4 is 0 Å². The van der Waals surface area contributed by atoms with Crippen LogP contribution in [-0.2, 0) is 0 Å². The van der Waals surface area contributed by atoms with Crippen LogP contribution in [0, 0.1) is 17.8 Å². The summed E-state index contributed by atoms with van der Waals surface area (Å²) in [5.41, 5.74) is 1.39. The summed E-state index contributed by atoms with van der Waals surface area (Å²) in [6, 6.07) is 4.85. The molecule has 92 valence electrons. The van der Waals surface area contributed by atoms with Gasteiger partial charge in [-0.2, -0.15) is 0 Å². The van der Waals surface area contributed by atoms with Crippen LogP contribution < -0.4 is 5.32 Å². The number of pyridine rings is 1. The van der Waals surface area contributed by atoms with Gasteiger partial charge in [-0.25, -0.2) is 0 Å². The number of hydrogen-bond donors (Lipinski definition) is 1. The molecule has 0 amide bonds. The lowest BCUT2D eigenvalue weighted by Gasteiger charge is -2.20. The third kappa shape index (κ3) is 2.11. The highest BCUT2D eigenvalue weighted by Crippen LogP contribution is 2.62.